The maximum absolute atomic E-state index is 14.1. The zero-order valence-corrected chi connectivity index (χ0v) is 26.8. The molecule has 3 atom stereocenters. The number of allylic oxidation sites excluding steroid dienone is 1. The number of hydrogen-bond acceptors (Lipinski definition) is 11. The van der Waals surface area contributed by atoms with Gasteiger partial charge in [0.05, 0.1) is 0 Å². The van der Waals surface area contributed by atoms with Gasteiger partial charge in [0, 0.05) is 24.0 Å². The molecule has 11 nitrogen and oxygen atoms in total. The highest BCUT2D eigenvalue weighted by Gasteiger charge is 2.53. The van der Waals surface area contributed by atoms with E-state index in [0.29, 0.717) is 5.57 Å². The number of ether oxygens (including phenoxy) is 1. The molecule has 2 aromatic carbocycles. The number of oxime groups is 1. The van der Waals surface area contributed by atoms with Crippen LogP contribution in [-0.4, -0.2) is 61.6 Å². The van der Waals surface area contributed by atoms with E-state index in [9.17, 15) is 14.4 Å². The molecule has 2 aromatic heterocycles. The quantitative estimate of drug-likeness (QED) is 0.102. The van der Waals surface area contributed by atoms with Crippen LogP contribution in [0.4, 0.5) is 5.13 Å². The van der Waals surface area contributed by atoms with E-state index >= 15 is 0 Å². The Hall–Kier alpha value is -5.27. The van der Waals surface area contributed by atoms with E-state index in [4.69, 9.17) is 15.3 Å². The van der Waals surface area contributed by atoms with Crippen LogP contribution in [0.5, 0.6) is 0 Å². The molecule has 0 radical (unpaired) electrons. The van der Waals surface area contributed by atoms with Crippen molar-refractivity contribution in [3.05, 3.63) is 131 Å². The molecule has 2 unspecified atom stereocenters. The Kier molecular flexibility index (Phi) is 9.74. The number of nitrogen functional groups attached to an aromatic ring is 1. The van der Waals surface area contributed by atoms with Gasteiger partial charge >= 0.3 is 5.97 Å². The smallest absolute Gasteiger partial charge is 0.324 e. The van der Waals surface area contributed by atoms with Gasteiger partial charge in [0.25, 0.3) is 11.8 Å². The van der Waals surface area contributed by atoms with Crippen LogP contribution in [-0.2, 0) is 24.0 Å². The molecule has 1 saturated heterocycles. The number of thioether (sulfide) groups is 1. The van der Waals surface area contributed by atoms with Gasteiger partial charge in [0.2, 0.25) is 0 Å². The van der Waals surface area contributed by atoms with Crippen molar-refractivity contribution in [2.75, 3.05) is 12.3 Å². The van der Waals surface area contributed by atoms with E-state index < -0.39 is 34.6 Å². The highest BCUT2D eigenvalue weighted by Crippen LogP contribution is 2.42. The number of nitrogens with one attached hydrogen (secondary N) is 1. The van der Waals surface area contributed by atoms with Crippen LogP contribution in [0.1, 0.15) is 35.4 Å². The first-order valence-corrected chi connectivity index (χ1v) is 16.5. The molecule has 13 heteroatoms. The number of nitrogens with zero attached hydrogens (tertiary/aromatic N) is 4. The van der Waals surface area contributed by atoms with Crippen molar-refractivity contribution in [3.8, 4) is 0 Å². The number of benzene rings is 2. The van der Waals surface area contributed by atoms with Crippen molar-refractivity contribution in [1.82, 2.24) is 20.2 Å². The Morgan fingerprint density at radius 1 is 1.06 bits per heavy atom. The second-order valence-corrected chi connectivity index (χ2v) is 12.5. The van der Waals surface area contributed by atoms with E-state index in [1.54, 1.807) is 37.0 Å². The van der Waals surface area contributed by atoms with Gasteiger partial charge in [-0.15, -0.1) is 23.1 Å². The summed E-state index contributed by atoms with van der Waals surface area (Å²) in [7, 11) is 0. The zero-order valence-electron chi connectivity index (χ0n) is 25.1. The predicted molar refractivity (Wildman–Crippen MR) is 181 cm³/mol. The number of nitrogens with two attached hydrogens (primary N) is 1. The predicted octanol–water partition coefficient (Wildman–Crippen LogP) is 4.56. The summed E-state index contributed by atoms with van der Waals surface area (Å²) in [4.78, 5) is 55.8. The van der Waals surface area contributed by atoms with Crippen molar-refractivity contribution in [3.63, 3.8) is 0 Å². The van der Waals surface area contributed by atoms with Crippen LogP contribution in [0, 0.1) is 0 Å². The molecule has 0 aliphatic carbocycles. The van der Waals surface area contributed by atoms with Crippen LogP contribution < -0.4 is 11.1 Å². The van der Waals surface area contributed by atoms with Gasteiger partial charge in [-0.25, -0.2) is 4.98 Å². The largest absolute Gasteiger partial charge is 0.451 e. The second-order valence-electron chi connectivity index (χ2n) is 10.4. The topological polar surface area (TPSA) is 149 Å². The van der Waals surface area contributed by atoms with Gasteiger partial charge in [0.1, 0.15) is 29.0 Å². The van der Waals surface area contributed by atoms with E-state index in [2.05, 4.69) is 20.4 Å². The van der Waals surface area contributed by atoms with Crippen LogP contribution in [0.2, 0.25) is 0 Å². The molecule has 6 rings (SSSR count). The normalized spacial score (nSPS) is 19.1. The highest BCUT2D eigenvalue weighted by atomic mass is 32.2. The first-order valence-electron chi connectivity index (χ1n) is 14.7. The minimum Gasteiger partial charge on any atom is -0.451 e. The van der Waals surface area contributed by atoms with Gasteiger partial charge in [-0.3, -0.25) is 19.4 Å². The van der Waals surface area contributed by atoms with E-state index in [-0.39, 0.29) is 29.1 Å². The average molecular weight is 667 g/mol. The second kappa shape index (κ2) is 14.4. The summed E-state index contributed by atoms with van der Waals surface area (Å²) in [5.41, 5.74) is 8.93. The van der Waals surface area contributed by atoms with E-state index in [0.717, 1.165) is 28.0 Å². The fourth-order valence-electron chi connectivity index (χ4n) is 5.04. The number of pyridine rings is 1. The summed E-state index contributed by atoms with van der Waals surface area (Å²) in [5.74, 6) is -1.48. The minimum absolute atomic E-state index is 0.105. The molecule has 2 aliphatic rings. The third-order valence-electron chi connectivity index (χ3n) is 7.30. The number of hydrogen-bond donors (Lipinski definition) is 2. The van der Waals surface area contributed by atoms with Crippen LogP contribution in [0.3, 0.4) is 0 Å². The number of carbonyl (C=O) groups excluding carboxylic acids is 3. The van der Waals surface area contributed by atoms with Gasteiger partial charge < -0.3 is 25.5 Å². The molecule has 3 N–H and O–H groups in total. The lowest BCUT2D eigenvalue weighted by Gasteiger charge is -2.48. The fraction of sp³-hybridized carbons (Fsp3) is 0.176. The molecule has 0 saturated carbocycles. The van der Waals surface area contributed by atoms with Crippen LogP contribution in [0.15, 0.2) is 114 Å². The lowest BCUT2D eigenvalue weighted by Crippen LogP contribution is -2.69. The lowest BCUT2D eigenvalue weighted by atomic mass is 10.0. The molecular formula is C34H30N6O5S2. The maximum Gasteiger partial charge on any atom is 0.324 e. The summed E-state index contributed by atoms with van der Waals surface area (Å²) in [6.45, 7) is 1.95. The third-order valence-corrected chi connectivity index (χ3v) is 9.49. The van der Waals surface area contributed by atoms with Crippen molar-refractivity contribution in [1.29, 1.82) is 0 Å². The summed E-state index contributed by atoms with van der Waals surface area (Å²) in [6.07, 6.45) is 7.96. The van der Waals surface area contributed by atoms with Crippen molar-refractivity contribution in [2.24, 2.45) is 5.16 Å². The van der Waals surface area contributed by atoms with Crippen molar-refractivity contribution < 1.29 is 24.0 Å². The molecule has 4 aromatic rings. The minimum atomic E-state index is -0.940. The molecule has 47 heavy (non-hydrogen) atoms. The third kappa shape index (κ3) is 7.11. The maximum atomic E-state index is 14.1. The number of thiazole rings is 1. The highest BCUT2D eigenvalue weighted by molar-refractivity contribution is 8.01. The fourth-order valence-corrected chi connectivity index (χ4v) is 6.97. The number of rotatable bonds is 11. The molecule has 0 bridgehead atoms. The zero-order chi connectivity index (χ0) is 32.8. The SMILES string of the molecule is CCON=C(C(=O)NC1C(=O)N2C=C(C=Cc3cccnc3)C(C(=O)OC(c3ccccc3)c3ccccc3)S[C@H]12)c1csc(N)n1. The first-order chi connectivity index (χ1) is 22.9. The van der Waals surface area contributed by atoms with Gasteiger partial charge in [-0.05, 0) is 35.3 Å². The number of amides is 2. The Labute approximate surface area is 279 Å². The number of fused-ring (bicyclic) bond motifs is 1. The van der Waals surface area contributed by atoms with Crippen LogP contribution >= 0.6 is 23.1 Å². The summed E-state index contributed by atoms with van der Waals surface area (Å²) in [5, 5.41) is 7.13. The Bertz CT molecular complexity index is 1790. The Balaban J connectivity index is 1.28. The Morgan fingerprint density at radius 3 is 2.40 bits per heavy atom. The van der Waals surface area contributed by atoms with Crippen molar-refractivity contribution >= 4 is 57.8 Å². The number of esters is 1. The summed E-state index contributed by atoms with van der Waals surface area (Å²) < 4.78 is 6.25. The number of anilines is 1. The van der Waals surface area contributed by atoms with Crippen molar-refractivity contribution in [2.45, 2.75) is 29.7 Å². The number of β-lactam (4-membered cyclic amide) rings is 1. The summed E-state index contributed by atoms with van der Waals surface area (Å²) >= 11 is 2.37. The monoisotopic (exact) mass is 666 g/mol. The van der Waals surface area contributed by atoms with E-state index in [1.807, 2.05) is 78.9 Å². The molecule has 1 fully saturated rings. The number of carbonyl (C=O) groups is 3. The standard InChI is InChI=1S/C34H30N6O5S2/c1-2-44-39-26(25-20-46-34(35)37-25)30(41)38-27-31(42)40-19-24(16-15-21-10-9-17-36-18-21)29(47-32(27)40)33(43)45-28(22-11-5-3-6-12-22)23-13-7-4-8-14-23/h3-20,27-29,32H,2H2,1H3,(H2,35,37)(H,38,41)/t27?,29?,32-/m1/s1. The van der Waals surface area contributed by atoms with Crippen LogP contribution in [0.25, 0.3) is 6.08 Å². The average Bonchev–Trinajstić information content (AvgIpc) is 3.54. The molecule has 4 heterocycles. The van der Waals surface area contributed by atoms with Gasteiger partial charge in [-0.1, -0.05) is 84.0 Å². The first kappa shape index (κ1) is 31.7. The van der Waals surface area contributed by atoms with Gasteiger partial charge in [0.15, 0.2) is 16.9 Å². The molecule has 2 amide bonds. The molecule has 2 aliphatic heterocycles. The molecule has 0 spiro atoms. The lowest BCUT2D eigenvalue weighted by molar-refractivity contribution is -0.147. The van der Waals surface area contributed by atoms with Gasteiger partial charge in [-0.2, -0.15) is 0 Å². The van der Waals surface area contributed by atoms with E-state index in [1.165, 1.54) is 16.7 Å². The molecular weight excluding hydrogens is 637 g/mol. The Morgan fingerprint density at radius 2 is 1.79 bits per heavy atom. The number of aromatic nitrogens is 2. The summed E-state index contributed by atoms with van der Waals surface area (Å²) in [6, 6.07) is 21.8. The molecule has 238 valence electrons.